The number of rotatable bonds is 7. The summed E-state index contributed by atoms with van der Waals surface area (Å²) in [6, 6.07) is 3.80. The Hall–Kier alpha value is -2.67. The van der Waals surface area contributed by atoms with Gasteiger partial charge in [-0.3, -0.25) is 14.5 Å². The lowest BCUT2D eigenvalue weighted by atomic mass is 10.2. The van der Waals surface area contributed by atoms with E-state index in [1.165, 1.54) is 0 Å². The summed E-state index contributed by atoms with van der Waals surface area (Å²) in [5.41, 5.74) is 1.29. The maximum Gasteiger partial charge on any atom is 0.276 e. The van der Waals surface area contributed by atoms with Gasteiger partial charge in [0.1, 0.15) is 0 Å². The molecule has 3 aromatic rings. The lowest BCUT2D eigenvalue weighted by Gasteiger charge is -2.22. The number of pyridine rings is 1. The van der Waals surface area contributed by atoms with E-state index in [9.17, 15) is 4.79 Å². The van der Waals surface area contributed by atoms with Crippen LogP contribution >= 0.6 is 11.6 Å². The first kappa shape index (κ1) is 17.2. The predicted molar refractivity (Wildman–Crippen MR) is 94.0 cm³/mol. The summed E-state index contributed by atoms with van der Waals surface area (Å²) in [6.45, 7) is 1.86. The number of imidazole rings is 1. The topological polar surface area (TPSA) is 68.8 Å². The molecule has 130 valence electrons. The summed E-state index contributed by atoms with van der Waals surface area (Å²) < 4.78 is 3.54. The molecule has 3 heterocycles. The molecule has 8 heteroatoms. The monoisotopic (exact) mass is 358 g/mol. The Morgan fingerprint density at radius 1 is 1.24 bits per heavy atom. The summed E-state index contributed by atoms with van der Waals surface area (Å²) in [5, 5.41) is 4.56. The van der Waals surface area contributed by atoms with Gasteiger partial charge < -0.3 is 9.47 Å². The van der Waals surface area contributed by atoms with Crippen molar-refractivity contribution in [1.29, 1.82) is 0 Å². The fourth-order valence-electron chi connectivity index (χ4n) is 2.58. The van der Waals surface area contributed by atoms with E-state index in [0.29, 0.717) is 18.1 Å². The largest absolute Gasteiger partial charge is 0.337 e. The average Bonchev–Trinajstić information content (AvgIpc) is 3.23. The maximum atomic E-state index is 12.9. The standard InChI is InChI=1S/C17H19ClN6O/c1-22-12-15(18)16(21-22)17(25)24(11-14-3-5-19-6-4-14)9-2-8-23-10-7-20-13-23/h3-7,10,12-13H,2,8-9,11H2,1H3. The van der Waals surface area contributed by atoms with Crippen molar-refractivity contribution in [2.24, 2.45) is 7.05 Å². The molecular formula is C17H19ClN6O. The molecule has 1 amide bonds. The first-order valence-corrected chi connectivity index (χ1v) is 8.34. The molecule has 3 aromatic heterocycles. The van der Waals surface area contributed by atoms with E-state index in [-0.39, 0.29) is 11.6 Å². The van der Waals surface area contributed by atoms with Crippen molar-refractivity contribution in [2.45, 2.75) is 19.5 Å². The molecule has 0 radical (unpaired) electrons. The van der Waals surface area contributed by atoms with Crippen molar-refractivity contribution in [3.63, 3.8) is 0 Å². The summed E-state index contributed by atoms with van der Waals surface area (Å²) in [4.78, 5) is 22.7. The molecular weight excluding hydrogens is 340 g/mol. The number of aryl methyl sites for hydroxylation is 2. The van der Waals surface area contributed by atoms with Gasteiger partial charge in [-0.05, 0) is 24.1 Å². The van der Waals surface area contributed by atoms with Crippen LogP contribution in [-0.2, 0) is 20.1 Å². The highest BCUT2D eigenvalue weighted by Gasteiger charge is 2.21. The van der Waals surface area contributed by atoms with Crippen LogP contribution in [0.5, 0.6) is 0 Å². The lowest BCUT2D eigenvalue weighted by Crippen LogP contribution is -2.32. The van der Waals surface area contributed by atoms with E-state index < -0.39 is 0 Å². The number of hydrogen-bond donors (Lipinski definition) is 0. The molecule has 0 N–H and O–H groups in total. The zero-order valence-corrected chi connectivity index (χ0v) is 14.7. The van der Waals surface area contributed by atoms with Crippen LogP contribution in [0.15, 0.2) is 49.4 Å². The molecule has 0 saturated carbocycles. The van der Waals surface area contributed by atoms with Crippen LogP contribution in [0.4, 0.5) is 0 Å². The molecule has 3 rings (SSSR count). The molecule has 0 spiro atoms. The zero-order valence-electron chi connectivity index (χ0n) is 13.9. The SMILES string of the molecule is Cn1cc(Cl)c(C(=O)N(CCCn2ccnc2)Cc2ccncc2)n1. The highest BCUT2D eigenvalue weighted by molar-refractivity contribution is 6.33. The predicted octanol–water partition coefficient (Wildman–Crippen LogP) is 2.40. The van der Waals surface area contributed by atoms with Gasteiger partial charge in [-0.2, -0.15) is 5.10 Å². The second-order valence-corrected chi connectivity index (χ2v) is 6.14. The van der Waals surface area contributed by atoms with Crippen LogP contribution < -0.4 is 0 Å². The normalized spacial score (nSPS) is 10.8. The summed E-state index contributed by atoms with van der Waals surface area (Å²) in [6.07, 6.45) is 11.3. The van der Waals surface area contributed by atoms with E-state index in [1.807, 2.05) is 22.9 Å². The van der Waals surface area contributed by atoms with Crippen LogP contribution in [0.25, 0.3) is 0 Å². The molecule has 0 aliphatic carbocycles. The number of nitrogens with zero attached hydrogens (tertiary/aromatic N) is 6. The first-order chi connectivity index (χ1) is 12.1. The molecule has 0 unspecified atom stereocenters. The van der Waals surface area contributed by atoms with Gasteiger partial charge in [0.15, 0.2) is 5.69 Å². The maximum absolute atomic E-state index is 12.9. The third kappa shape index (κ3) is 4.45. The van der Waals surface area contributed by atoms with E-state index in [0.717, 1.165) is 18.5 Å². The smallest absolute Gasteiger partial charge is 0.276 e. The number of carbonyl (C=O) groups excluding carboxylic acids is 1. The third-order valence-electron chi connectivity index (χ3n) is 3.80. The molecule has 0 fully saturated rings. The number of aromatic nitrogens is 5. The molecule has 0 aromatic carbocycles. The van der Waals surface area contributed by atoms with Crippen molar-refractivity contribution in [3.8, 4) is 0 Å². The molecule has 25 heavy (non-hydrogen) atoms. The molecule has 0 aliphatic rings. The fourth-order valence-corrected chi connectivity index (χ4v) is 2.84. The van der Waals surface area contributed by atoms with E-state index in [1.54, 1.807) is 47.7 Å². The van der Waals surface area contributed by atoms with Crippen LogP contribution in [0.1, 0.15) is 22.5 Å². The Kier molecular flexibility index (Phi) is 5.45. The van der Waals surface area contributed by atoms with Gasteiger partial charge in [0, 0.05) is 57.7 Å². The minimum absolute atomic E-state index is 0.173. The Bertz CT molecular complexity index is 815. The second kappa shape index (κ2) is 7.94. The Labute approximate surface area is 150 Å². The van der Waals surface area contributed by atoms with Crippen molar-refractivity contribution in [1.82, 2.24) is 29.2 Å². The summed E-state index contributed by atoms with van der Waals surface area (Å²) >= 11 is 6.15. The third-order valence-corrected chi connectivity index (χ3v) is 4.08. The molecule has 0 atom stereocenters. The number of hydrogen-bond acceptors (Lipinski definition) is 4. The Morgan fingerprint density at radius 3 is 2.68 bits per heavy atom. The quantitative estimate of drug-likeness (QED) is 0.650. The number of amides is 1. The Morgan fingerprint density at radius 2 is 2.04 bits per heavy atom. The van der Waals surface area contributed by atoms with Crippen LogP contribution in [0.2, 0.25) is 5.02 Å². The van der Waals surface area contributed by atoms with Gasteiger partial charge in [0.2, 0.25) is 0 Å². The van der Waals surface area contributed by atoms with E-state index in [2.05, 4.69) is 15.1 Å². The molecule has 0 saturated heterocycles. The van der Waals surface area contributed by atoms with E-state index >= 15 is 0 Å². The number of halogens is 1. The lowest BCUT2D eigenvalue weighted by molar-refractivity contribution is 0.0732. The van der Waals surface area contributed by atoms with E-state index in [4.69, 9.17) is 11.6 Å². The molecule has 0 bridgehead atoms. The van der Waals surface area contributed by atoms with Gasteiger partial charge >= 0.3 is 0 Å². The average molecular weight is 359 g/mol. The minimum atomic E-state index is -0.173. The van der Waals surface area contributed by atoms with Crippen LogP contribution in [-0.4, -0.2) is 41.7 Å². The van der Waals surface area contributed by atoms with Crippen molar-refractivity contribution in [3.05, 3.63) is 65.7 Å². The minimum Gasteiger partial charge on any atom is -0.337 e. The molecule has 7 nitrogen and oxygen atoms in total. The van der Waals surface area contributed by atoms with Gasteiger partial charge in [0.25, 0.3) is 5.91 Å². The van der Waals surface area contributed by atoms with Crippen LogP contribution in [0, 0.1) is 0 Å². The Balaban J connectivity index is 1.73. The van der Waals surface area contributed by atoms with Gasteiger partial charge in [-0.15, -0.1) is 0 Å². The van der Waals surface area contributed by atoms with Gasteiger partial charge in [-0.1, -0.05) is 11.6 Å². The highest BCUT2D eigenvalue weighted by Crippen LogP contribution is 2.17. The molecule has 0 aliphatic heterocycles. The van der Waals surface area contributed by atoms with Crippen molar-refractivity contribution < 1.29 is 4.79 Å². The first-order valence-electron chi connectivity index (χ1n) is 7.96. The van der Waals surface area contributed by atoms with Crippen LogP contribution in [0.3, 0.4) is 0 Å². The summed E-state index contributed by atoms with van der Waals surface area (Å²) in [7, 11) is 1.74. The van der Waals surface area contributed by atoms with Crippen molar-refractivity contribution >= 4 is 17.5 Å². The zero-order chi connectivity index (χ0) is 17.6. The second-order valence-electron chi connectivity index (χ2n) is 5.74. The fraction of sp³-hybridized carbons (Fsp3) is 0.294. The van der Waals surface area contributed by atoms with Gasteiger partial charge in [0.05, 0.1) is 11.3 Å². The summed E-state index contributed by atoms with van der Waals surface area (Å²) in [5.74, 6) is -0.173. The number of carbonyl (C=O) groups is 1. The van der Waals surface area contributed by atoms with Gasteiger partial charge in [-0.25, -0.2) is 4.98 Å². The van der Waals surface area contributed by atoms with Crippen molar-refractivity contribution in [2.75, 3.05) is 6.54 Å². The highest BCUT2D eigenvalue weighted by atomic mass is 35.5.